The highest BCUT2D eigenvalue weighted by molar-refractivity contribution is 5.99. The van der Waals surface area contributed by atoms with Gasteiger partial charge in [-0.1, -0.05) is 0 Å². The van der Waals surface area contributed by atoms with E-state index in [1.807, 2.05) is 6.92 Å². The number of amides is 1. The van der Waals surface area contributed by atoms with Crippen LogP contribution < -0.4 is 5.32 Å². The molecule has 1 aliphatic heterocycles. The fraction of sp³-hybridized carbons (Fsp3) is 0.545. The van der Waals surface area contributed by atoms with Gasteiger partial charge in [-0.25, -0.2) is 4.79 Å². The second-order valence-electron chi connectivity index (χ2n) is 4.36. The van der Waals surface area contributed by atoms with Gasteiger partial charge >= 0.3 is 5.97 Å². The number of rotatable bonds is 3. The molecule has 0 aromatic carbocycles. The minimum Gasteiger partial charge on any atom is -0.476 e. The highest BCUT2D eigenvalue weighted by Gasteiger charge is 2.26. The number of nitrogens with one attached hydrogen (secondary N) is 2. The summed E-state index contributed by atoms with van der Waals surface area (Å²) >= 11 is 0. The van der Waals surface area contributed by atoms with Crippen LogP contribution >= 0.6 is 0 Å². The van der Waals surface area contributed by atoms with Crippen molar-refractivity contribution in [3.05, 3.63) is 11.9 Å². The monoisotopic (exact) mass is 253 g/mol. The third-order valence-corrected chi connectivity index (χ3v) is 2.97. The maximum atomic E-state index is 12.0. The average molecular weight is 253 g/mol. The number of aromatic carboxylic acids is 1. The highest BCUT2D eigenvalue weighted by Crippen LogP contribution is 2.22. The molecule has 1 fully saturated rings. The van der Waals surface area contributed by atoms with Crippen molar-refractivity contribution in [1.82, 2.24) is 10.2 Å². The summed E-state index contributed by atoms with van der Waals surface area (Å²) in [7, 11) is 0. The molecule has 0 spiro atoms. The first kappa shape index (κ1) is 12.6. The lowest BCUT2D eigenvalue weighted by molar-refractivity contribution is -0.124. The lowest BCUT2D eigenvalue weighted by Gasteiger charge is -2.26. The number of aromatic nitrogens is 2. The molecule has 1 aromatic heterocycles. The normalized spacial score (nSPS) is 23.6. The molecule has 1 saturated heterocycles. The molecule has 7 nitrogen and oxygen atoms in total. The van der Waals surface area contributed by atoms with E-state index in [1.54, 1.807) is 0 Å². The molecule has 1 aromatic rings. The van der Waals surface area contributed by atoms with Crippen molar-refractivity contribution in [3.63, 3.8) is 0 Å². The topological polar surface area (TPSA) is 104 Å². The van der Waals surface area contributed by atoms with Gasteiger partial charge in [-0.3, -0.25) is 9.89 Å². The van der Waals surface area contributed by atoms with Crippen LogP contribution in [0.1, 0.15) is 30.3 Å². The number of hydrogen-bond acceptors (Lipinski definition) is 4. The maximum absolute atomic E-state index is 12.0. The van der Waals surface area contributed by atoms with E-state index in [-0.39, 0.29) is 29.3 Å². The van der Waals surface area contributed by atoms with Gasteiger partial charge in [-0.2, -0.15) is 5.10 Å². The van der Waals surface area contributed by atoms with Gasteiger partial charge in [0.1, 0.15) is 0 Å². The summed E-state index contributed by atoms with van der Waals surface area (Å²) in [5.41, 5.74) is 0.0927. The summed E-state index contributed by atoms with van der Waals surface area (Å²) in [6, 6.07) is 0. The number of H-pyrrole nitrogens is 1. The molecule has 1 aliphatic rings. The second kappa shape index (κ2) is 5.18. The molecule has 1 amide bonds. The number of ether oxygens (including phenoxy) is 1. The summed E-state index contributed by atoms with van der Waals surface area (Å²) in [4.78, 5) is 22.8. The minimum absolute atomic E-state index is 0.0535. The second-order valence-corrected chi connectivity index (χ2v) is 4.36. The van der Waals surface area contributed by atoms with Crippen LogP contribution in [0.5, 0.6) is 0 Å². The summed E-state index contributed by atoms with van der Waals surface area (Å²) < 4.78 is 5.36. The third kappa shape index (κ3) is 2.67. The zero-order valence-electron chi connectivity index (χ0n) is 9.97. The van der Waals surface area contributed by atoms with Gasteiger partial charge in [0, 0.05) is 12.5 Å². The number of aromatic amines is 1. The summed E-state index contributed by atoms with van der Waals surface area (Å²) in [6.45, 7) is 2.47. The fourth-order valence-electron chi connectivity index (χ4n) is 2.01. The standard InChI is InChI=1S/C11H15N3O4/c1-6-4-7(2-3-18-6)10(15)13-8-5-12-14-9(8)11(16)17/h5-7H,2-4H2,1H3,(H,12,14)(H,13,15)(H,16,17)/t6-,7+/m1/s1. The number of carboxylic acid groups (broad SMARTS) is 1. The van der Waals surface area contributed by atoms with Crippen LogP contribution in [0.2, 0.25) is 0 Å². The van der Waals surface area contributed by atoms with Crippen LogP contribution in [0.25, 0.3) is 0 Å². The van der Waals surface area contributed by atoms with Crippen LogP contribution in [0.3, 0.4) is 0 Å². The van der Waals surface area contributed by atoms with E-state index in [0.29, 0.717) is 19.4 Å². The number of carboxylic acids is 1. The predicted octanol–water partition coefficient (Wildman–Crippen LogP) is 0.861. The Morgan fingerprint density at radius 3 is 3.06 bits per heavy atom. The summed E-state index contributed by atoms with van der Waals surface area (Å²) in [5, 5.41) is 17.4. The molecule has 0 saturated carbocycles. The Kier molecular flexibility index (Phi) is 3.61. The summed E-state index contributed by atoms with van der Waals surface area (Å²) in [5.74, 6) is -1.48. The third-order valence-electron chi connectivity index (χ3n) is 2.97. The average Bonchev–Trinajstić information content (AvgIpc) is 2.77. The molecule has 0 radical (unpaired) electrons. The highest BCUT2D eigenvalue weighted by atomic mass is 16.5. The van der Waals surface area contributed by atoms with E-state index in [1.165, 1.54) is 6.20 Å². The van der Waals surface area contributed by atoms with Crippen LogP contribution in [0.4, 0.5) is 5.69 Å². The van der Waals surface area contributed by atoms with Crippen molar-refractivity contribution >= 4 is 17.6 Å². The molecule has 2 rings (SSSR count). The van der Waals surface area contributed by atoms with E-state index in [4.69, 9.17) is 9.84 Å². The van der Waals surface area contributed by atoms with E-state index in [9.17, 15) is 9.59 Å². The van der Waals surface area contributed by atoms with E-state index in [2.05, 4.69) is 15.5 Å². The molecular weight excluding hydrogens is 238 g/mol. The van der Waals surface area contributed by atoms with E-state index >= 15 is 0 Å². The maximum Gasteiger partial charge on any atom is 0.356 e. The zero-order valence-corrected chi connectivity index (χ0v) is 9.97. The molecule has 18 heavy (non-hydrogen) atoms. The molecule has 0 bridgehead atoms. The van der Waals surface area contributed by atoms with Crippen LogP contribution in [0, 0.1) is 5.92 Å². The zero-order chi connectivity index (χ0) is 13.1. The van der Waals surface area contributed by atoms with E-state index < -0.39 is 5.97 Å². The predicted molar refractivity (Wildman–Crippen MR) is 62.3 cm³/mol. The number of carbonyl (C=O) groups excluding carboxylic acids is 1. The Morgan fingerprint density at radius 2 is 2.39 bits per heavy atom. The van der Waals surface area contributed by atoms with Gasteiger partial charge in [0.15, 0.2) is 5.69 Å². The van der Waals surface area contributed by atoms with Gasteiger partial charge in [0.25, 0.3) is 0 Å². The fourth-order valence-corrected chi connectivity index (χ4v) is 2.01. The Bertz CT molecular complexity index is 457. The minimum atomic E-state index is -1.15. The molecule has 0 aliphatic carbocycles. The van der Waals surface area contributed by atoms with E-state index in [0.717, 1.165) is 0 Å². The van der Waals surface area contributed by atoms with Crippen molar-refractivity contribution < 1.29 is 19.4 Å². The van der Waals surface area contributed by atoms with Gasteiger partial charge in [0.2, 0.25) is 5.91 Å². The Labute approximate surface area is 104 Å². The molecule has 98 valence electrons. The largest absolute Gasteiger partial charge is 0.476 e. The molecule has 2 atom stereocenters. The van der Waals surface area contributed by atoms with Gasteiger partial charge in [0.05, 0.1) is 18.0 Å². The van der Waals surface area contributed by atoms with Crippen LogP contribution in [-0.4, -0.2) is 39.9 Å². The molecule has 7 heteroatoms. The first-order chi connectivity index (χ1) is 8.58. The van der Waals surface area contributed by atoms with Crippen molar-refractivity contribution in [1.29, 1.82) is 0 Å². The number of nitrogens with zero attached hydrogens (tertiary/aromatic N) is 1. The van der Waals surface area contributed by atoms with Crippen molar-refractivity contribution in [2.24, 2.45) is 5.92 Å². The first-order valence-electron chi connectivity index (χ1n) is 5.77. The number of hydrogen-bond donors (Lipinski definition) is 3. The lowest BCUT2D eigenvalue weighted by Crippen LogP contribution is -2.32. The quantitative estimate of drug-likeness (QED) is 0.741. The Hall–Kier alpha value is -1.89. The van der Waals surface area contributed by atoms with Gasteiger partial charge < -0.3 is 15.2 Å². The molecular formula is C11H15N3O4. The van der Waals surface area contributed by atoms with Gasteiger partial charge in [-0.15, -0.1) is 0 Å². The summed E-state index contributed by atoms with van der Waals surface area (Å²) in [6.07, 6.45) is 2.64. The Balaban J connectivity index is 2.02. The lowest BCUT2D eigenvalue weighted by atomic mass is 9.95. The van der Waals surface area contributed by atoms with Crippen molar-refractivity contribution in [2.45, 2.75) is 25.9 Å². The Morgan fingerprint density at radius 1 is 1.61 bits per heavy atom. The molecule has 0 unspecified atom stereocenters. The van der Waals surface area contributed by atoms with Crippen molar-refractivity contribution in [3.8, 4) is 0 Å². The first-order valence-corrected chi connectivity index (χ1v) is 5.77. The van der Waals surface area contributed by atoms with Crippen LogP contribution in [-0.2, 0) is 9.53 Å². The number of carbonyl (C=O) groups is 2. The smallest absolute Gasteiger partial charge is 0.356 e. The number of anilines is 1. The molecule has 2 heterocycles. The molecule has 3 N–H and O–H groups in total. The SMILES string of the molecule is C[C@@H]1C[C@@H](C(=O)Nc2cn[nH]c2C(=O)O)CCO1. The van der Waals surface area contributed by atoms with Gasteiger partial charge in [-0.05, 0) is 19.8 Å². The van der Waals surface area contributed by atoms with Crippen molar-refractivity contribution in [2.75, 3.05) is 11.9 Å². The van der Waals surface area contributed by atoms with Crippen LogP contribution in [0.15, 0.2) is 6.20 Å².